The summed E-state index contributed by atoms with van der Waals surface area (Å²) in [5.41, 5.74) is 7.89. The predicted molar refractivity (Wildman–Crippen MR) is 68.8 cm³/mol. The second-order valence-electron chi connectivity index (χ2n) is 3.77. The standard InChI is InChI=1S/C12H15N3OS/c1-3-11-14-15-12(16-11)7-17-10-5-4-8(2)6-9(10)13/h4-6H,3,7,13H2,1-2H3. The highest BCUT2D eigenvalue weighted by atomic mass is 32.2. The molecule has 0 spiro atoms. The third-order valence-corrected chi connectivity index (χ3v) is 3.40. The minimum absolute atomic E-state index is 0.645. The number of aromatic nitrogens is 2. The van der Waals surface area contributed by atoms with Crippen molar-refractivity contribution in [1.82, 2.24) is 10.2 Å². The van der Waals surface area contributed by atoms with E-state index in [-0.39, 0.29) is 0 Å². The fraction of sp³-hybridized carbons (Fsp3) is 0.333. The van der Waals surface area contributed by atoms with Gasteiger partial charge in [-0.1, -0.05) is 13.0 Å². The van der Waals surface area contributed by atoms with Crippen LogP contribution in [0.2, 0.25) is 0 Å². The van der Waals surface area contributed by atoms with E-state index < -0.39 is 0 Å². The van der Waals surface area contributed by atoms with Crippen LogP contribution < -0.4 is 5.73 Å². The molecule has 0 saturated heterocycles. The second kappa shape index (κ2) is 5.23. The van der Waals surface area contributed by atoms with Gasteiger partial charge in [-0.15, -0.1) is 22.0 Å². The van der Waals surface area contributed by atoms with Gasteiger partial charge >= 0.3 is 0 Å². The molecule has 0 saturated carbocycles. The Hall–Kier alpha value is -1.49. The average molecular weight is 249 g/mol. The van der Waals surface area contributed by atoms with Gasteiger partial charge in [-0.25, -0.2) is 0 Å². The molecule has 5 heteroatoms. The van der Waals surface area contributed by atoms with Crippen LogP contribution in [-0.2, 0) is 12.2 Å². The van der Waals surface area contributed by atoms with E-state index in [2.05, 4.69) is 10.2 Å². The van der Waals surface area contributed by atoms with E-state index in [1.54, 1.807) is 11.8 Å². The summed E-state index contributed by atoms with van der Waals surface area (Å²) in [6.07, 6.45) is 0.768. The second-order valence-corrected chi connectivity index (χ2v) is 4.79. The minimum Gasteiger partial charge on any atom is -0.424 e. The van der Waals surface area contributed by atoms with Gasteiger partial charge in [0.2, 0.25) is 11.8 Å². The number of anilines is 1. The van der Waals surface area contributed by atoms with E-state index in [4.69, 9.17) is 10.2 Å². The molecule has 2 aromatic rings. The van der Waals surface area contributed by atoms with Crippen LogP contribution in [0.25, 0.3) is 0 Å². The number of nitrogens with zero attached hydrogens (tertiary/aromatic N) is 2. The molecular weight excluding hydrogens is 234 g/mol. The Morgan fingerprint density at radius 2 is 2.06 bits per heavy atom. The Morgan fingerprint density at radius 1 is 1.29 bits per heavy atom. The number of aryl methyl sites for hydroxylation is 2. The molecule has 0 radical (unpaired) electrons. The smallest absolute Gasteiger partial charge is 0.226 e. The van der Waals surface area contributed by atoms with Gasteiger partial charge in [0.25, 0.3) is 0 Å². The molecule has 0 aliphatic rings. The van der Waals surface area contributed by atoms with Crippen LogP contribution in [0.4, 0.5) is 5.69 Å². The highest BCUT2D eigenvalue weighted by Gasteiger charge is 2.06. The summed E-state index contributed by atoms with van der Waals surface area (Å²) in [6.45, 7) is 4.01. The molecule has 17 heavy (non-hydrogen) atoms. The maximum Gasteiger partial charge on any atom is 0.226 e. The molecule has 1 heterocycles. The molecule has 0 unspecified atom stereocenters. The van der Waals surface area contributed by atoms with Gasteiger partial charge < -0.3 is 10.2 Å². The number of rotatable bonds is 4. The lowest BCUT2D eigenvalue weighted by Crippen LogP contribution is -1.90. The minimum atomic E-state index is 0.645. The Bertz CT molecular complexity index is 510. The normalized spacial score (nSPS) is 10.7. The summed E-state index contributed by atoms with van der Waals surface area (Å²) in [5.74, 6) is 1.98. The quantitative estimate of drug-likeness (QED) is 0.666. The number of nitrogen functional groups attached to an aromatic ring is 1. The molecule has 4 nitrogen and oxygen atoms in total. The summed E-state index contributed by atoms with van der Waals surface area (Å²) in [4.78, 5) is 1.05. The van der Waals surface area contributed by atoms with Crippen molar-refractivity contribution in [2.75, 3.05) is 5.73 Å². The first-order chi connectivity index (χ1) is 8.19. The Balaban J connectivity index is 2.02. The Morgan fingerprint density at radius 3 is 2.71 bits per heavy atom. The van der Waals surface area contributed by atoms with Gasteiger partial charge in [-0.3, -0.25) is 0 Å². The molecule has 0 amide bonds. The van der Waals surface area contributed by atoms with Crippen molar-refractivity contribution in [2.24, 2.45) is 0 Å². The monoisotopic (exact) mass is 249 g/mol. The van der Waals surface area contributed by atoms with E-state index in [0.717, 1.165) is 22.6 Å². The number of nitrogens with two attached hydrogens (primary N) is 1. The first-order valence-corrected chi connectivity index (χ1v) is 6.47. The fourth-order valence-corrected chi connectivity index (χ4v) is 2.21. The highest BCUT2D eigenvalue weighted by molar-refractivity contribution is 7.98. The summed E-state index contributed by atoms with van der Waals surface area (Å²) in [7, 11) is 0. The van der Waals surface area contributed by atoms with Crippen molar-refractivity contribution in [3.8, 4) is 0 Å². The van der Waals surface area contributed by atoms with E-state index in [0.29, 0.717) is 17.5 Å². The van der Waals surface area contributed by atoms with Crippen molar-refractivity contribution in [1.29, 1.82) is 0 Å². The van der Waals surface area contributed by atoms with E-state index >= 15 is 0 Å². The van der Waals surface area contributed by atoms with Crippen LogP contribution in [0.3, 0.4) is 0 Å². The molecule has 0 bridgehead atoms. The number of hydrogen-bond acceptors (Lipinski definition) is 5. The number of hydrogen-bond donors (Lipinski definition) is 1. The van der Waals surface area contributed by atoms with Crippen molar-refractivity contribution in [2.45, 2.75) is 30.9 Å². The van der Waals surface area contributed by atoms with Gasteiger partial charge in [0.1, 0.15) is 0 Å². The summed E-state index contributed by atoms with van der Waals surface area (Å²) in [5, 5.41) is 7.89. The maximum atomic E-state index is 5.93. The summed E-state index contributed by atoms with van der Waals surface area (Å²) < 4.78 is 5.43. The predicted octanol–water partition coefficient (Wildman–Crippen LogP) is 2.81. The van der Waals surface area contributed by atoms with Crippen LogP contribution in [0.5, 0.6) is 0 Å². The molecule has 90 valence electrons. The number of benzene rings is 1. The molecule has 0 atom stereocenters. The first-order valence-electron chi connectivity index (χ1n) is 5.49. The fourth-order valence-electron chi connectivity index (χ4n) is 1.43. The zero-order chi connectivity index (χ0) is 12.3. The molecule has 0 aliphatic heterocycles. The molecular formula is C12H15N3OS. The Labute approximate surface area is 105 Å². The van der Waals surface area contributed by atoms with Crippen molar-refractivity contribution < 1.29 is 4.42 Å². The SMILES string of the molecule is CCc1nnc(CSc2ccc(C)cc2N)o1. The van der Waals surface area contributed by atoms with E-state index in [9.17, 15) is 0 Å². The van der Waals surface area contributed by atoms with Gasteiger partial charge in [-0.05, 0) is 24.6 Å². The largest absolute Gasteiger partial charge is 0.424 e. The first kappa shape index (κ1) is 12.0. The van der Waals surface area contributed by atoms with Gasteiger partial charge in [-0.2, -0.15) is 0 Å². The Kier molecular flexibility index (Phi) is 3.68. The van der Waals surface area contributed by atoms with Crippen LogP contribution in [0, 0.1) is 6.92 Å². The van der Waals surface area contributed by atoms with Gasteiger partial charge in [0, 0.05) is 17.0 Å². The molecule has 2 rings (SSSR count). The molecule has 1 aromatic heterocycles. The molecule has 1 aromatic carbocycles. The van der Waals surface area contributed by atoms with Gasteiger partial charge in [0.05, 0.1) is 5.75 Å². The third-order valence-electron chi connectivity index (χ3n) is 2.33. The highest BCUT2D eigenvalue weighted by Crippen LogP contribution is 2.28. The lowest BCUT2D eigenvalue weighted by Gasteiger charge is -2.04. The third kappa shape index (κ3) is 3.00. The van der Waals surface area contributed by atoms with Crippen molar-refractivity contribution >= 4 is 17.4 Å². The summed E-state index contributed by atoms with van der Waals surface area (Å²) >= 11 is 1.61. The lowest BCUT2D eigenvalue weighted by molar-refractivity contribution is 0.470. The van der Waals surface area contributed by atoms with Crippen LogP contribution in [0.1, 0.15) is 24.3 Å². The van der Waals surface area contributed by atoms with Crippen molar-refractivity contribution in [3.05, 3.63) is 35.5 Å². The zero-order valence-electron chi connectivity index (χ0n) is 9.93. The van der Waals surface area contributed by atoms with E-state index in [1.807, 2.05) is 32.0 Å². The summed E-state index contributed by atoms with van der Waals surface area (Å²) in [6, 6.07) is 6.03. The molecule has 2 N–H and O–H groups in total. The van der Waals surface area contributed by atoms with Crippen LogP contribution in [-0.4, -0.2) is 10.2 Å². The maximum absolute atomic E-state index is 5.93. The van der Waals surface area contributed by atoms with Crippen LogP contribution in [0.15, 0.2) is 27.5 Å². The zero-order valence-corrected chi connectivity index (χ0v) is 10.8. The van der Waals surface area contributed by atoms with Crippen molar-refractivity contribution in [3.63, 3.8) is 0 Å². The van der Waals surface area contributed by atoms with Gasteiger partial charge in [0.15, 0.2) is 0 Å². The van der Waals surface area contributed by atoms with E-state index in [1.165, 1.54) is 0 Å². The lowest BCUT2D eigenvalue weighted by atomic mass is 10.2. The number of thioether (sulfide) groups is 1. The topological polar surface area (TPSA) is 64.9 Å². The molecule has 0 fully saturated rings. The molecule has 0 aliphatic carbocycles. The van der Waals surface area contributed by atoms with Crippen LogP contribution >= 0.6 is 11.8 Å². The average Bonchev–Trinajstić information content (AvgIpc) is 2.76.